The Morgan fingerprint density at radius 3 is 2.75 bits per heavy atom. The van der Waals surface area contributed by atoms with Gasteiger partial charge in [-0.05, 0) is 18.2 Å². The van der Waals surface area contributed by atoms with Crippen molar-refractivity contribution in [3.05, 3.63) is 52.3 Å². The molecule has 2 aromatic rings. The lowest BCUT2D eigenvalue weighted by Gasteiger charge is -2.05. The Balaban J connectivity index is 1.90. The molecule has 1 N–H and O–H groups in total. The van der Waals surface area contributed by atoms with Crippen LogP contribution in [-0.4, -0.2) is 10.3 Å². The Hall–Kier alpha value is -1.76. The summed E-state index contributed by atoms with van der Waals surface area (Å²) in [5, 5.41) is 3.10. The van der Waals surface area contributed by atoms with Crippen molar-refractivity contribution in [2.45, 2.75) is 18.1 Å². The number of hydrogen-bond acceptors (Lipinski definition) is 4. The van der Waals surface area contributed by atoms with Crippen molar-refractivity contribution in [2.75, 3.05) is 5.32 Å². The largest absolute Gasteiger partial charge is 0.463 e. The van der Waals surface area contributed by atoms with Crippen molar-refractivity contribution >= 4 is 17.4 Å². The van der Waals surface area contributed by atoms with Gasteiger partial charge in [-0.2, -0.15) is 8.78 Å². The average molecular weight is 300 g/mol. The SMILES string of the molecule is Cn1cc(NCc2ccc(CSC(F)F)o2)ccc1=O. The van der Waals surface area contributed by atoms with E-state index in [1.165, 1.54) is 10.6 Å². The summed E-state index contributed by atoms with van der Waals surface area (Å²) in [4.78, 5) is 11.2. The van der Waals surface area contributed by atoms with E-state index in [1.54, 1.807) is 31.4 Å². The maximum Gasteiger partial charge on any atom is 0.284 e. The van der Waals surface area contributed by atoms with E-state index in [1.807, 2.05) is 0 Å². The Bertz CT molecular complexity index is 625. The molecular formula is C13H14F2N2O2S. The van der Waals surface area contributed by atoms with Crippen LogP contribution in [0.4, 0.5) is 14.5 Å². The molecule has 108 valence electrons. The van der Waals surface area contributed by atoms with Crippen LogP contribution in [-0.2, 0) is 19.3 Å². The standard InChI is InChI=1S/C13H14F2N2O2S/c1-17-7-9(2-5-12(17)18)16-6-10-3-4-11(19-10)8-20-13(14)15/h2-5,7,13,16H,6,8H2,1H3. The van der Waals surface area contributed by atoms with Gasteiger partial charge in [-0.25, -0.2) is 0 Å². The highest BCUT2D eigenvalue weighted by molar-refractivity contribution is 7.98. The van der Waals surface area contributed by atoms with Crippen LogP contribution < -0.4 is 10.9 Å². The van der Waals surface area contributed by atoms with Crippen LogP contribution >= 0.6 is 11.8 Å². The zero-order valence-corrected chi connectivity index (χ0v) is 11.6. The molecule has 0 atom stereocenters. The lowest BCUT2D eigenvalue weighted by Crippen LogP contribution is -2.15. The van der Waals surface area contributed by atoms with Gasteiger partial charge in [0.05, 0.1) is 18.0 Å². The Morgan fingerprint density at radius 1 is 1.30 bits per heavy atom. The molecule has 7 heteroatoms. The topological polar surface area (TPSA) is 47.2 Å². The summed E-state index contributed by atoms with van der Waals surface area (Å²) in [7, 11) is 1.67. The Labute approximate surface area is 118 Å². The maximum absolute atomic E-state index is 12.0. The van der Waals surface area contributed by atoms with Crippen LogP contribution in [0.5, 0.6) is 0 Å². The fourth-order valence-corrected chi connectivity index (χ4v) is 2.07. The molecule has 4 nitrogen and oxygen atoms in total. The van der Waals surface area contributed by atoms with Crippen LogP contribution in [0, 0.1) is 0 Å². The highest BCUT2D eigenvalue weighted by Gasteiger charge is 2.07. The second-order valence-corrected chi connectivity index (χ2v) is 5.14. The minimum absolute atomic E-state index is 0.0835. The number of nitrogens with one attached hydrogen (secondary N) is 1. The van der Waals surface area contributed by atoms with Gasteiger partial charge in [0, 0.05) is 19.3 Å². The van der Waals surface area contributed by atoms with Crippen molar-refractivity contribution in [2.24, 2.45) is 7.05 Å². The van der Waals surface area contributed by atoms with Gasteiger partial charge in [0.25, 0.3) is 5.76 Å². The first-order valence-corrected chi connectivity index (χ1v) is 6.97. The van der Waals surface area contributed by atoms with Crippen molar-refractivity contribution in [1.82, 2.24) is 4.57 Å². The van der Waals surface area contributed by atoms with Gasteiger partial charge in [-0.3, -0.25) is 4.79 Å². The van der Waals surface area contributed by atoms with E-state index < -0.39 is 5.76 Å². The third-order valence-electron chi connectivity index (χ3n) is 2.62. The van der Waals surface area contributed by atoms with Crippen LogP contribution in [0.2, 0.25) is 0 Å². The van der Waals surface area contributed by atoms with E-state index in [2.05, 4.69) is 5.32 Å². The highest BCUT2D eigenvalue weighted by atomic mass is 32.2. The molecule has 2 rings (SSSR count). The third-order valence-corrected chi connectivity index (χ3v) is 3.32. The molecule has 0 radical (unpaired) electrons. The maximum atomic E-state index is 12.0. The number of hydrogen-bond donors (Lipinski definition) is 1. The first-order valence-electron chi connectivity index (χ1n) is 5.92. The molecular weight excluding hydrogens is 286 g/mol. The quantitative estimate of drug-likeness (QED) is 0.890. The van der Waals surface area contributed by atoms with Crippen molar-refractivity contribution < 1.29 is 13.2 Å². The van der Waals surface area contributed by atoms with Crippen LogP contribution in [0.15, 0.2) is 39.7 Å². The van der Waals surface area contributed by atoms with Crippen LogP contribution in [0.1, 0.15) is 11.5 Å². The molecule has 0 unspecified atom stereocenters. The molecule has 0 spiro atoms. The highest BCUT2D eigenvalue weighted by Crippen LogP contribution is 2.21. The summed E-state index contributed by atoms with van der Waals surface area (Å²) < 4.78 is 31.0. The smallest absolute Gasteiger partial charge is 0.284 e. The van der Waals surface area contributed by atoms with E-state index in [9.17, 15) is 13.6 Å². The number of alkyl halides is 2. The number of pyridine rings is 1. The number of aromatic nitrogens is 1. The Kier molecular flexibility index (Phi) is 4.84. The average Bonchev–Trinajstić information content (AvgIpc) is 2.86. The van der Waals surface area contributed by atoms with E-state index >= 15 is 0 Å². The van der Waals surface area contributed by atoms with E-state index in [0.717, 1.165) is 5.69 Å². The van der Waals surface area contributed by atoms with Crippen LogP contribution in [0.25, 0.3) is 0 Å². The predicted molar refractivity (Wildman–Crippen MR) is 75.0 cm³/mol. The number of thioether (sulfide) groups is 1. The van der Waals surface area contributed by atoms with Gasteiger partial charge in [-0.15, -0.1) is 0 Å². The molecule has 20 heavy (non-hydrogen) atoms. The summed E-state index contributed by atoms with van der Waals surface area (Å²) in [6.07, 6.45) is 1.68. The normalized spacial score (nSPS) is 11.0. The first-order chi connectivity index (χ1) is 9.54. The molecule has 0 aliphatic carbocycles. The van der Waals surface area contributed by atoms with Gasteiger partial charge in [0.2, 0.25) is 5.56 Å². The minimum atomic E-state index is -2.40. The second-order valence-electron chi connectivity index (χ2n) is 4.16. The molecule has 0 aliphatic rings. The van der Waals surface area contributed by atoms with Gasteiger partial charge in [0.1, 0.15) is 11.5 Å². The lowest BCUT2D eigenvalue weighted by molar-refractivity contribution is 0.251. The number of furan rings is 1. The summed E-state index contributed by atoms with van der Waals surface area (Å²) in [5.74, 6) is -1.07. The molecule has 0 fully saturated rings. The van der Waals surface area contributed by atoms with Gasteiger partial charge < -0.3 is 14.3 Å². The monoisotopic (exact) mass is 300 g/mol. The zero-order valence-electron chi connectivity index (χ0n) is 10.8. The van der Waals surface area contributed by atoms with Gasteiger partial charge in [0.15, 0.2) is 0 Å². The van der Waals surface area contributed by atoms with Crippen molar-refractivity contribution in [1.29, 1.82) is 0 Å². The fraction of sp³-hybridized carbons (Fsp3) is 0.308. The Morgan fingerprint density at radius 2 is 2.05 bits per heavy atom. The second kappa shape index (κ2) is 6.60. The number of anilines is 1. The van der Waals surface area contributed by atoms with Crippen molar-refractivity contribution in [3.8, 4) is 0 Å². The minimum Gasteiger partial charge on any atom is -0.463 e. The molecule has 0 amide bonds. The molecule has 2 aromatic heterocycles. The lowest BCUT2D eigenvalue weighted by atomic mass is 10.4. The summed E-state index contributed by atoms with van der Waals surface area (Å²) in [5.41, 5.74) is 0.701. The fourth-order valence-electron chi connectivity index (χ4n) is 1.63. The summed E-state index contributed by atoms with van der Waals surface area (Å²) in [6.45, 7) is 0.428. The predicted octanol–water partition coefficient (Wildman–Crippen LogP) is 3.05. The van der Waals surface area contributed by atoms with Crippen LogP contribution in [0.3, 0.4) is 0 Å². The summed E-state index contributed by atoms with van der Waals surface area (Å²) in [6, 6.07) is 6.58. The van der Waals surface area contributed by atoms with E-state index in [-0.39, 0.29) is 11.3 Å². The number of halogens is 2. The molecule has 0 aromatic carbocycles. The summed E-state index contributed by atoms with van der Waals surface area (Å²) >= 11 is 0.530. The van der Waals surface area contributed by atoms with Gasteiger partial charge >= 0.3 is 0 Å². The zero-order chi connectivity index (χ0) is 14.5. The number of aryl methyl sites for hydroxylation is 1. The van der Waals surface area contributed by atoms with E-state index in [0.29, 0.717) is 29.8 Å². The number of rotatable bonds is 6. The first kappa shape index (κ1) is 14.6. The van der Waals surface area contributed by atoms with Crippen molar-refractivity contribution in [3.63, 3.8) is 0 Å². The molecule has 0 saturated heterocycles. The third kappa shape index (κ3) is 4.12. The van der Waals surface area contributed by atoms with E-state index in [4.69, 9.17) is 4.42 Å². The molecule has 0 bridgehead atoms. The molecule has 2 heterocycles. The van der Waals surface area contributed by atoms with Gasteiger partial charge in [-0.1, -0.05) is 11.8 Å². The number of nitrogens with zero attached hydrogens (tertiary/aromatic N) is 1. The molecule has 0 saturated carbocycles. The molecule has 0 aliphatic heterocycles.